The van der Waals surface area contributed by atoms with Crippen molar-refractivity contribution in [1.29, 1.82) is 0 Å². The summed E-state index contributed by atoms with van der Waals surface area (Å²) in [5, 5.41) is 7.16. The van der Waals surface area contributed by atoms with E-state index in [4.69, 9.17) is 33.7 Å². The Morgan fingerprint density at radius 2 is 1.94 bits per heavy atom. The number of anilines is 2. The molecule has 3 heterocycles. The quantitative estimate of drug-likeness (QED) is 0.588. The van der Waals surface area contributed by atoms with Crippen molar-refractivity contribution in [2.75, 3.05) is 30.4 Å². The maximum Gasteiger partial charge on any atom is 0.228 e. The molecule has 7 nitrogen and oxygen atoms in total. The van der Waals surface area contributed by atoms with E-state index in [2.05, 4.69) is 20.6 Å². The van der Waals surface area contributed by atoms with Gasteiger partial charge >= 0.3 is 0 Å². The standard InChI is InChI=1S/C22H27Cl2N5O2/c23-17-3-4-19(26-11-13-5-7-31-8-6-13)28-21(17)16-10-20(27-12-18(16)24)29-22(30)14-1-2-15(25)9-14/h3-4,10,12-15H,1-2,5-9,11,25H2,(H,26,28)(H,27,29,30)/t14-,15+/m1/s1. The molecule has 1 aliphatic carbocycles. The molecule has 0 radical (unpaired) electrons. The molecule has 2 atom stereocenters. The van der Waals surface area contributed by atoms with Gasteiger partial charge in [0.05, 0.1) is 15.7 Å². The Hall–Kier alpha value is -1.93. The average Bonchev–Trinajstić information content (AvgIpc) is 3.22. The molecule has 1 aliphatic heterocycles. The van der Waals surface area contributed by atoms with Crippen molar-refractivity contribution in [3.05, 3.63) is 34.4 Å². The lowest BCUT2D eigenvalue weighted by Crippen LogP contribution is -2.23. The van der Waals surface area contributed by atoms with Gasteiger partial charge in [0.2, 0.25) is 5.91 Å². The molecule has 166 valence electrons. The molecule has 0 spiro atoms. The monoisotopic (exact) mass is 463 g/mol. The van der Waals surface area contributed by atoms with E-state index >= 15 is 0 Å². The fraction of sp³-hybridized carbons (Fsp3) is 0.500. The predicted molar refractivity (Wildman–Crippen MR) is 123 cm³/mol. The van der Waals surface area contributed by atoms with Crippen LogP contribution in [-0.2, 0) is 9.53 Å². The maximum absolute atomic E-state index is 12.5. The smallest absolute Gasteiger partial charge is 0.228 e. The number of carbonyl (C=O) groups is 1. The van der Waals surface area contributed by atoms with Crippen LogP contribution in [0.25, 0.3) is 11.3 Å². The van der Waals surface area contributed by atoms with Crippen LogP contribution in [0.1, 0.15) is 32.1 Å². The normalized spacial score (nSPS) is 21.8. The molecule has 1 saturated carbocycles. The molecular formula is C22H27Cl2N5O2. The van der Waals surface area contributed by atoms with Crippen LogP contribution in [0.3, 0.4) is 0 Å². The van der Waals surface area contributed by atoms with Gasteiger partial charge in [0.15, 0.2) is 0 Å². The van der Waals surface area contributed by atoms with Crippen molar-refractivity contribution >= 4 is 40.7 Å². The zero-order chi connectivity index (χ0) is 21.8. The molecule has 4 rings (SSSR count). The Morgan fingerprint density at radius 3 is 2.68 bits per heavy atom. The van der Waals surface area contributed by atoms with Crippen molar-refractivity contribution in [1.82, 2.24) is 9.97 Å². The number of pyridine rings is 2. The summed E-state index contributed by atoms with van der Waals surface area (Å²) in [6.07, 6.45) is 5.94. The molecule has 0 aromatic carbocycles. The highest BCUT2D eigenvalue weighted by Gasteiger charge is 2.28. The molecule has 31 heavy (non-hydrogen) atoms. The van der Waals surface area contributed by atoms with Crippen LogP contribution >= 0.6 is 23.2 Å². The third-order valence-corrected chi connectivity index (χ3v) is 6.57. The van der Waals surface area contributed by atoms with E-state index in [0.29, 0.717) is 39.5 Å². The van der Waals surface area contributed by atoms with Crippen molar-refractivity contribution < 1.29 is 9.53 Å². The summed E-state index contributed by atoms with van der Waals surface area (Å²) in [5.74, 6) is 1.55. The first-order valence-corrected chi connectivity index (χ1v) is 11.5. The summed E-state index contributed by atoms with van der Waals surface area (Å²) in [4.78, 5) is 21.5. The highest BCUT2D eigenvalue weighted by molar-refractivity contribution is 6.36. The predicted octanol–water partition coefficient (Wildman–Crippen LogP) is 4.35. The second-order valence-electron chi connectivity index (χ2n) is 8.27. The molecule has 0 unspecified atom stereocenters. The van der Waals surface area contributed by atoms with Gasteiger partial charge < -0.3 is 21.1 Å². The third-order valence-electron chi connectivity index (χ3n) is 5.96. The Labute approximate surface area is 192 Å². The number of hydrogen-bond donors (Lipinski definition) is 3. The van der Waals surface area contributed by atoms with Crippen LogP contribution in [0.4, 0.5) is 11.6 Å². The molecule has 9 heteroatoms. The Balaban J connectivity index is 1.49. The summed E-state index contributed by atoms with van der Waals surface area (Å²) in [6.45, 7) is 2.44. The van der Waals surface area contributed by atoms with Crippen LogP contribution in [0.5, 0.6) is 0 Å². The average molecular weight is 464 g/mol. The number of ether oxygens (including phenoxy) is 1. The highest BCUT2D eigenvalue weighted by atomic mass is 35.5. The number of nitrogens with one attached hydrogen (secondary N) is 2. The van der Waals surface area contributed by atoms with Gasteiger partial charge in [0.25, 0.3) is 0 Å². The number of nitrogens with zero attached hydrogens (tertiary/aromatic N) is 2. The third kappa shape index (κ3) is 5.66. The number of nitrogens with two attached hydrogens (primary N) is 1. The topological polar surface area (TPSA) is 102 Å². The summed E-state index contributed by atoms with van der Waals surface area (Å²) in [6, 6.07) is 5.45. The van der Waals surface area contributed by atoms with E-state index in [1.54, 1.807) is 12.1 Å². The van der Waals surface area contributed by atoms with Crippen LogP contribution in [-0.4, -0.2) is 41.7 Å². The first-order valence-electron chi connectivity index (χ1n) is 10.7. The number of halogens is 2. The van der Waals surface area contributed by atoms with Crippen molar-refractivity contribution in [3.8, 4) is 11.3 Å². The Morgan fingerprint density at radius 1 is 1.13 bits per heavy atom. The molecule has 2 fully saturated rings. The van der Waals surface area contributed by atoms with Crippen molar-refractivity contribution in [2.45, 2.75) is 38.1 Å². The summed E-state index contributed by atoms with van der Waals surface area (Å²) in [7, 11) is 0. The Bertz CT molecular complexity index is 936. The summed E-state index contributed by atoms with van der Waals surface area (Å²) in [5.41, 5.74) is 7.10. The van der Waals surface area contributed by atoms with Gasteiger partial charge in [-0.15, -0.1) is 0 Å². The Kier molecular flexibility index (Phi) is 7.27. The number of amides is 1. The maximum atomic E-state index is 12.5. The first kappa shape index (κ1) is 22.3. The van der Waals surface area contributed by atoms with E-state index < -0.39 is 0 Å². The summed E-state index contributed by atoms with van der Waals surface area (Å²) < 4.78 is 5.42. The minimum absolute atomic E-state index is 0.0698. The van der Waals surface area contributed by atoms with Crippen LogP contribution < -0.4 is 16.4 Å². The van der Waals surface area contributed by atoms with Crippen LogP contribution in [0.2, 0.25) is 10.0 Å². The molecule has 1 amide bonds. The SMILES string of the molecule is N[C@H]1CC[C@@H](C(=O)Nc2cc(-c3nc(NCC4CCOCC4)ccc3Cl)c(Cl)cn2)C1. The van der Waals surface area contributed by atoms with E-state index in [-0.39, 0.29) is 17.9 Å². The highest BCUT2D eigenvalue weighted by Crippen LogP contribution is 2.34. The van der Waals surface area contributed by atoms with Gasteiger partial charge in [0, 0.05) is 43.5 Å². The molecule has 0 bridgehead atoms. The van der Waals surface area contributed by atoms with E-state index in [0.717, 1.165) is 51.3 Å². The largest absolute Gasteiger partial charge is 0.381 e. The number of rotatable bonds is 6. The molecule has 4 N–H and O–H groups in total. The number of aromatic nitrogens is 2. The molecule has 1 saturated heterocycles. The lowest BCUT2D eigenvalue weighted by Gasteiger charge is -2.22. The van der Waals surface area contributed by atoms with Gasteiger partial charge in [-0.2, -0.15) is 0 Å². The lowest BCUT2D eigenvalue weighted by molar-refractivity contribution is -0.119. The van der Waals surface area contributed by atoms with Crippen LogP contribution in [0, 0.1) is 11.8 Å². The van der Waals surface area contributed by atoms with E-state index in [9.17, 15) is 4.79 Å². The summed E-state index contributed by atoms with van der Waals surface area (Å²) >= 11 is 12.9. The minimum Gasteiger partial charge on any atom is -0.381 e. The van der Waals surface area contributed by atoms with E-state index in [1.807, 2.05) is 6.07 Å². The molecule has 2 aromatic heterocycles. The van der Waals surface area contributed by atoms with E-state index in [1.165, 1.54) is 6.20 Å². The molecule has 2 aliphatic rings. The zero-order valence-corrected chi connectivity index (χ0v) is 18.8. The van der Waals surface area contributed by atoms with Gasteiger partial charge in [-0.05, 0) is 56.2 Å². The number of carbonyl (C=O) groups excluding carboxylic acids is 1. The minimum atomic E-state index is -0.0876. The fourth-order valence-electron chi connectivity index (χ4n) is 4.10. The zero-order valence-electron chi connectivity index (χ0n) is 17.2. The lowest BCUT2D eigenvalue weighted by atomic mass is 10.0. The van der Waals surface area contributed by atoms with Gasteiger partial charge in [-0.1, -0.05) is 23.2 Å². The fourth-order valence-corrected chi connectivity index (χ4v) is 4.50. The molecule has 2 aromatic rings. The second-order valence-corrected chi connectivity index (χ2v) is 9.09. The number of hydrogen-bond acceptors (Lipinski definition) is 6. The first-order chi connectivity index (χ1) is 15.0. The second kappa shape index (κ2) is 10.1. The van der Waals surface area contributed by atoms with Gasteiger partial charge in [-0.3, -0.25) is 4.79 Å². The van der Waals surface area contributed by atoms with Gasteiger partial charge in [-0.25, -0.2) is 9.97 Å². The molecular weight excluding hydrogens is 437 g/mol. The van der Waals surface area contributed by atoms with Crippen molar-refractivity contribution in [2.24, 2.45) is 17.6 Å². The van der Waals surface area contributed by atoms with Crippen molar-refractivity contribution in [3.63, 3.8) is 0 Å². The van der Waals surface area contributed by atoms with Gasteiger partial charge in [0.1, 0.15) is 11.6 Å². The van der Waals surface area contributed by atoms with Crippen LogP contribution in [0.15, 0.2) is 24.4 Å².